The van der Waals surface area contributed by atoms with Crippen LogP contribution in [-0.4, -0.2) is 26.8 Å². The molecule has 0 aromatic heterocycles. The van der Waals surface area contributed by atoms with Crippen molar-refractivity contribution in [3.05, 3.63) is 35.4 Å². The van der Waals surface area contributed by atoms with Crippen molar-refractivity contribution in [1.82, 2.24) is 5.32 Å². The SMILES string of the molecule is COC1(c2cccc(C3CNCCO3)c2)CC1. The molecule has 3 heteroatoms. The summed E-state index contributed by atoms with van der Waals surface area (Å²) in [6, 6.07) is 8.67. The molecule has 1 aliphatic heterocycles. The Hall–Kier alpha value is -0.900. The summed E-state index contributed by atoms with van der Waals surface area (Å²) < 4.78 is 11.4. The zero-order valence-electron chi connectivity index (χ0n) is 10.2. The molecular weight excluding hydrogens is 214 g/mol. The molecule has 3 nitrogen and oxygen atoms in total. The number of methoxy groups -OCH3 is 1. The average molecular weight is 233 g/mol. The summed E-state index contributed by atoms with van der Waals surface area (Å²) >= 11 is 0. The van der Waals surface area contributed by atoms with Crippen LogP contribution in [0.4, 0.5) is 0 Å². The molecule has 1 unspecified atom stereocenters. The highest BCUT2D eigenvalue weighted by molar-refractivity contribution is 5.33. The van der Waals surface area contributed by atoms with Crippen LogP contribution in [0.25, 0.3) is 0 Å². The highest BCUT2D eigenvalue weighted by Gasteiger charge is 2.44. The Bertz CT molecular complexity index is 395. The van der Waals surface area contributed by atoms with Crippen molar-refractivity contribution < 1.29 is 9.47 Å². The first-order valence-electron chi connectivity index (χ1n) is 6.32. The molecule has 1 aromatic rings. The van der Waals surface area contributed by atoms with Gasteiger partial charge in [0.05, 0.1) is 18.3 Å². The zero-order chi connectivity index (χ0) is 11.7. The predicted molar refractivity (Wildman–Crippen MR) is 65.9 cm³/mol. The molecular formula is C14H19NO2. The van der Waals surface area contributed by atoms with Crippen LogP contribution in [0.3, 0.4) is 0 Å². The summed E-state index contributed by atoms with van der Waals surface area (Å²) in [5.74, 6) is 0. The van der Waals surface area contributed by atoms with Crippen molar-refractivity contribution >= 4 is 0 Å². The van der Waals surface area contributed by atoms with E-state index in [-0.39, 0.29) is 11.7 Å². The third-order valence-electron chi connectivity index (χ3n) is 3.81. The fourth-order valence-corrected chi connectivity index (χ4v) is 2.53. The van der Waals surface area contributed by atoms with Crippen LogP contribution >= 0.6 is 0 Å². The van der Waals surface area contributed by atoms with Gasteiger partial charge in [-0.2, -0.15) is 0 Å². The second-order valence-electron chi connectivity index (χ2n) is 4.89. The van der Waals surface area contributed by atoms with Crippen molar-refractivity contribution in [2.75, 3.05) is 26.8 Å². The Morgan fingerprint density at radius 2 is 2.29 bits per heavy atom. The maximum Gasteiger partial charge on any atom is 0.0949 e. The van der Waals surface area contributed by atoms with Crippen molar-refractivity contribution in [3.63, 3.8) is 0 Å². The van der Waals surface area contributed by atoms with E-state index < -0.39 is 0 Å². The van der Waals surface area contributed by atoms with E-state index in [2.05, 4.69) is 29.6 Å². The summed E-state index contributed by atoms with van der Waals surface area (Å²) in [4.78, 5) is 0. The van der Waals surface area contributed by atoms with Crippen molar-refractivity contribution in [2.45, 2.75) is 24.5 Å². The molecule has 1 saturated heterocycles. The molecule has 1 atom stereocenters. The first kappa shape index (κ1) is 11.2. The minimum Gasteiger partial charge on any atom is -0.374 e. The minimum absolute atomic E-state index is 0.00188. The van der Waals surface area contributed by atoms with Crippen LogP contribution in [0.1, 0.15) is 30.1 Å². The summed E-state index contributed by atoms with van der Waals surface area (Å²) in [5.41, 5.74) is 2.56. The van der Waals surface area contributed by atoms with E-state index in [1.807, 2.05) is 0 Å². The van der Waals surface area contributed by atoms with E-state index in [1.54, 1.807) is 7.11 Å². The van der Waals surface area contributed by atoms with E-state index in [9.17, 15) is 0 Å². The van der Waals surface area contributed by atoms with Gasteiger partial charge in [-0.3, -0.25) is 0 Å². The molecule has 2 fully saturated rings. The standard InChI is InChI=1S/C14H19NO2/c1-16-14(5-6-14)12-4-2-3-11(9-12)13-10-15-7-8-17-13/h2-4,9,13,15H,5-8,10H2,1H3. The molecule has 2 aliphatic rings. The molecule has 1 aliphatic carbocycles. The molecule has 92 valence electrons. The maximum atomic E-state index is 5.78. The number of ether oxygens (including phenoxy) is 2. The van der Waals surface area contributed by atoms with Crippen LogP contribution in [-0.2, 0) is 15.1 Å². The Morgan fingerprint density at radius 3 is 2.94 bits per heavy atom. The Balaban J connectivity index is 1.83. The lowest BCUT2D eigenvalue weighted by Crippen LogP contribution is -2.33. The number of benzene rings is 1. The molecule has 0 spiro atoms. The van der Waals surface area contributed by atoms with E-state index in [0.717, 1.165) is 32.5 Å². The number of hydrogen-bond acceptors (Lipinski definition) is 3. The minimum atomic E-state index is -0.00188. The monoisotopic (exact) mass is 233 g/mol. The van der Waals surface area contributed by atoms with E-state index in [4.69, 9.17) is 9.47 Å². The number of morpholine rings is 1. The average Bonchev–Trinajstić information content (AvgIpc) is 3.21. The van der Waals surface area contributed by atoms with Gasteiger partial charge < -0.3 is 14.8 Å². The van der Waals surface area contributed by atoms with Gasteiger partial charge in [-0.15, -0.1) is 0 Å². The van der Waals surface area contributed by atoms with E-state index >= 15 is 0 Å². The van der Waals surface area contributed by atoms with Crippen LogP contribution in [0.15, 0.2) is 24.3 Å². The lowest BCUT2D eigenvalue weighted by molar-refractivity contribution is 0.0272. The Kier molecular flexibility index (Phi) is 2.90. The van der Waals surface area contributed by atoms with Crippen LogP contribution in [0.5, 0.6) is 0 Å². The topological polar surface area (TPSA) is 30.5 Å². The van der Waals surface area contributed by atoms with Gasteiger partial charge in [-0.25, -0.2) is 0 Å². The fourth-order valence-electron chi connectivity index (χ4n) is 2.53. The van der Waals surface area contributed by atoms with Crippen LogP contribution in [0, 0.1) is 0 Å². The van der Waals surface area contributed by atoms with Crippen molar-refractivity contribution in [3.8, 4) is 0 Å². The molecule has 1 N–H and O–H groups in total. The lowest BCUT2D eigenvalue weighted by Gasteiger charge is -2.25. The van der Waals surface area contributed by atoms with Gasteiger partial charge in [0.15, 0.2) is 0 Å². The van der Waals surface area contributed by atoms with Gasteiger partial charge in [0, 0.05) is 20.2 Å². The summed E-state index contributed by atoms with van der Waals surface area (Å²) in [6.07, 6.45) is 2.46. The quantitative estimate of drug-likeness (QED) is 0.866. The normalized spacial score (nSPS) is 26.8. The third-order valence-corrected chi connectivity index (χ3v) is 3.81. The summed E-state index contributed by atoms with van der Waals surface area (Å²) in [5, 5.41) is 3.36. The van der Waals surface area contributed by atoms with Gasteiger partial charge in [0.2, 0.25) is 0 Å². The largest absolute Gasteiger partial charge is 0.374 e. The predicted octanol–water partition coefficient (Wildman–Crippen LogP) is 1.98. The van der Waals surface area contributed by atoms with Crippen molar-refractivity contribution in [2.24, 2.45) is 0 Å². The van der Waals surface area contributed by atoms with Crippen molar-refractivity contribution in [1.29, 1.82) is 0 Å². The highest BCUT2D eigenvalue weighted by atomic mass is 16.5. The van der Waals surface area contributed by atoms with Crippen LogP contribution < -0.4 is 5.32 Å². The van der Waals surface area contributed by atoms with Crippen LogP contribution in [0.2, 0.25) is 0 Å². The number of rotatable bonds is 3. The lowest BCUT2D eigenvalue weighted by atomic mass is 10.0. The number of nitrogens with one attached hydrogen (secondary N) is 1. The van der Waals surface area contributed by atoms with E-state index in [1.165, 1.54) is 11.1 Å². The smallest absolute Gasteiger partial charge is 0.0949 e. The molecule has 1 aromatic carbocycles. The Labute approximate surface area is 102 Å². The van der Waals surface area contributed by atoms with Gasteiger partial charge >= 0.3 is 0 Å². The summed E-state index contributed by atoms with van der Waals surface area (Å²) in [7, 11) is 1.80. The maximum absolute atomic E-state index is 5.78. The van der Waals surface area contributed by atoms with Gasteiger partial charge in [-0.05, 0) is 24.0 Å². The molecule has 0 amide bonds. The molecule has 0 radical (unpaired) electrons. The first-order chi connectivity index (χ1) is 8.34. The highest BCUT2D eigenvalue weighted by Crippen LogP contribution is 2.49. The zero-order valence-corrected chi connectivity index (χ0v) is 10.2. The molecule has 1 heterocycles. The molecule has 0 bridgehead atoms. The first-order valence-corrected chi connectivity index (χ1v) is 6.32. The molecule has 3 rings (SSSR count). The third kappa shape index (κ3) is 2.10. The number of hydrogen-bond donors (Lipinski definition) is 1. The molecule has 1 saturated carbocycles. The second kappa shape index (κ2) is 4.41. The fraction of sp³-hybridized carbons (Fsp3) is 0.571. The van der Waals surface area contributed by atoms with Gasteiger partial charge in [-0.1, -0.05) is 24.3 Å². The van der Waals surface area contributed by atoms with E-state index in [0.29, 0.717) is 0 Å². The second-order valence-corrected chi connectivity index (χ2v) is 4.89. The molecule has 17 heavy (non-hydrogen) atoms. The summed E-state index contributed by atoms with van der Waals surface area (Å²) in [6.45, 7) is 2.66. The van der Waals surface area contributed by atoms with Gasteiger partial charge in [0.1, 0.15) is 0 Å². The van der Waals surface area contributed by atoms with Gasteiger partial charge in [0.25, 0.3) is 0 Å². The Morgan fingerprint density at radius 1 is 1.41 bits per heavy atom.